The van der Waals surface area contributed by atoms with Gasteiger partial charge in [0.25, 0.3) is 12.3 Å². The van der Waals surface area contributed by atoms with Crippen molar-refractivity contribution in [1.29, 1.82) is 0 Å². The lowest BCUT2D eigenvalue weighted by molar-refractivity contribution is 0.0459. The largest absolute Gasteiger partial charge is 0.416 e. The zero-order chi connectivity index (χ0) is 21.1. The first-order chi connectivity index (χ1) is 14.5. The van der Waals surface area contributed by atoms with Gasteiger partial charge < -0.3 is 9.32 Å². The monoisotopic (exact) mass is 412 g/mol. The number of hydrogen-bond donors (Lipinski definition) is 0. The van der Waals surface area contributed by atoms with Crippen LogP contribution in [0.1, 0.15) is 15.9 Å². The second-order valence-electron chi connectivity index (χ2n) is 7.29. The fraction of sp³-hybridized carbons (Fsp3) is 0.318. The minimum Gasteiger partial charge on any atom is -0.416 e. The molecule has 1 saturated heterocycles. The molecule has 2 aromatic carbocycles. The van der Waals surface area contributed by atoms with Gasteiger partial charge in [-0.2, -0.15) is 0 Å². The summed E-state index contributed by atoms with van der Waals surface area (Å²) >= 11 is 0. The quantitative estimate of drug-likeness (QED) is 0.639. The van der Waals surface area contributed by atoms with Crippen LogP contribution in [-0.4, -0.2) is 65.1 Å². The third-order valence-corrected chi connectivity index (χ3v) is 5.23. The van der Waals surface area contributed by atoms with Crippen molar-refractivity contribution in [2.45, 2.75) is 13.3 Å². The Kier molecular flexibility index (Phi) is 5.85. The predicted molar refractivity (Wildman–Crippen MR) is 108 cm³/mol. The second kappa shape index (κ2) is 8.71. The molecule has 30 heavy (non-hydrogen) atoms. The lowest BCUT2D eigenvalue weighted by atomic mass is 10.1. The molecule has 0 unspecified atom stereocenters. The molecule has 3 aromatic rings. The maximum atomic E-state index is 12.7. The zero-order valence-corrected chi connectivity index (χ0v) is 16.6. The third kappa shape index (κ3) is 4.38. The van der Waals surface area contributed by atoms with Gasteiger partial charge in [0.2, 0.25) is 11.8 Å². The maximum absolute atomic E-state index is 12.7. The van der Waals surface area contributed by atoms with Crippen LogP contribution in [-0.2, 0) is 0 Å². The highest BCUT2D eigenvalue weighted by Crippen LogP contribution is 2.26. The molecule has 8 heteroatoms. The number of aryl methyl sites for hydroxylation is 1. The molecule has 0 spiro atoms. The lowest BCUT2D eigenvalue weighted by Crippen LogP contribution is -2.49. The van der Waals surface area contributed by atoms with Crippen LogP contribution < -0.4 is 0 Å². The first kappa shape index (κ1) is 20.2. The molecule has 2 heterocycles. The number of nitrogens with zero attached hydrogens (tertiary/aromatic N) is 4. The summed E-state index contributed by atoms with van der Waals surface area (Å²) in [6, 6.07) is 14.8. The SMILES string of the molecule is Cc1ccccc1-c1nnc(-c2ccc(C(=O)N3CCN(CC(F)F)CC3)cc2)o1. The van der Waals surface area contributed by atoms with Crippen molar-refractivity contribution in [3.63, 3.8) is 0 Å². The van der Waals surface area contributed by atoms with E-state index in [0.717, 1.165) is 16.7 Å². The average molecular weight is 412 g/mol. The van der Waals surface area contributed by atoms with E-state index in [4.69, 9.17) is 4.42 Å². The number of benzene rings is 2. The minimum atomic E-state index is -2.35. The van der Waals surface area contributed by atoms with Crippen molar-refractivity contribution in [3.05, 3.63) is 59.7 Å². The molecule has 0 radical (unpaired) electrons. The van der Waals surface area contributed by atoms with Gasteiger partial charge >= 0.3 is 0 Å². The van der Waals surface area contributed by atoms with E-state index in [1.807, 2.05) is 31.2 Å². The molecule has 4 rings (SSSR count). The lowest BCUT2D eigenvalue weighted by Gasteiger charge is -2.34. The van der Waals surface area contributed by atoms with Crippen LogP contribution in [0.2, 0.25) is 0 Å². The number of halogens is 2. The van der Waals surface area contributed by atoms with E-state index >= 15 is 0 Å². The molecule has 1 fully saturated rings. The fourth-order valence-corrected chi connectivity index (χ4v) is 3.53. The van der Waals surface area contributed by atoms with Crippen molar-refractivity contribution >= 4 is 5.91 Å². The van der Waals surface area contributed by atoms with E-state index in [2.05, 4.69) is 10.2 Å². The van der Waals surface area contributed by atoms with Crippen LogP contribution in [0.4, 0.5) is 8.78 Å². The van der Waals surface area contributed by atoms with E-state index in [9.17, 15) is 13.6 Å². The number of amides is 1. The number of alkyl halides is 2. The van der Waals surface area contributed by atoms with E-state index in [0.29, 0.717) is 43.5 Å². The average Bonchev–Trinajstić information content (AvgIpc) is 3.24. The highest BCUT2D eigenvalue weighted by atomic mass is 19.3. The Morgan fingerprint density at radius 2 is 1.67 bits per heavy atom. The fourth-order valence-electron chi connectivity index (χ4n) is 3.53. The van der Waals surface area contributed by atoms with Gasteiger partial charge in [-0.25, -0.2) is 8.78 Å². The van der Waals surface area contributed by atoms with Crippen molar-refractivity contribution in [2.24, 2.45) is 0 Å². The summed E-state index contributed by atoms with van der Waals surface area (Å²) in [4.78, 5) is 16.1. The van der Waals surface area contributed by atoms with Crippen LogP contribution in [0.25, 0.3) is 22.9 Å². The van der Waals surface area contributed by atoms with Crippen LogP contribution >= 0.6 is 0 Å². The number of hydrogen-bond acceptors (Lipinski definition) is 5. The van der Waals surface area contributed by atoms with Crippen LogP contribution in [0.3, 0.4) is 0 Å². The summed E-state index contributed by atoms with van der Waals surface area (Å²) in [6.07, 6.45) is -2.35. The van der Waals surface area contributed by atoms with Crippen LogP contribution in [0.15, 0.2) is 52.9 Å². The highest BCUT2D eigenvalue weighted by Gasteiger charge is 2.24. The molecule has 0 aliphatic carbocycles. The van der Waals surface area contributed by atoms with Gasteiger partial charge in [-0.3, -0.25) is 9.69 Å². The Bertz CT molecular complexity index is 1010. The van der Waals surface area contributed by atoms with Crippen LogP contribution in [0, 0.1) is 6.92 Å². The standard InChI is InChI=1S/C22H22F2N4O2/c1-15-4-2-3-5-18(15)21-26-25-20(30-21)16-6-8-17(9-7-16)22(29)28-12-10-27(11-13-28)14-19(23)24/h2-9,19H,10-14H2,1H3. The van der Waals surface area contributed by atoms with E-state index < -0.39 is 6.43 Å². The Hall–Kier alpha value is -3.13. The summed E-state index contributed by atoms with van der Waals surface area (Å²) in [5, 5.41) is 8.25. The summed E-state index contributed by atoms with van der Waals surface area (Å²) in [6.45, 7) is 3.53. The van der Waals surface area contributed by atoms with Gasteiger partial charge in [0.05, 0.1) is 6.54 Å². The molecule has 1 aliphatic rings. The third-order valence-electron chi connectivity index (χ3n) is 5.23. The first-order valence-corrected chi connectivity index (χ1v) is 9.81. The Balaban J connectivity index is 1.42. The Labute approximate surface area is 173 Å². The Morgan fingerprint density at radius 3 is 2.33 bits per heavy atom. The molecule has 1 aromatic heterocycles. The predicted octanol–water partition coefficient (Wildman–Crippen LogP) is 3.73. The minimum absolute atomic E-state index is 0.107. The number of rotatable bonds is 5. The van der Waals surface area contributed by atoms with Gasteiger partial charge in [0, 0.05) is 42.9 Å². The molecule has 0 atom stereocenters. The van der Waals surface area contributed by atoms with Gasteiger partial charge in [-0.1, -0.05) is 18.2 Å². The smallest absolute Gasteiger partial charge is 0.253 e. The molecule has 0 N–H and O–H groups in total. The van der Waals surface area contributed by atoms with E-state index in [1.165, 1.54) is 0 Å². The Morgan fingerprint density at radius 1 is 1.00 bits per heavy atom. The van der Waals surface area contributed by atoms with Crippen LogP contribution in [0.5, 0.6) is 0 Å². The van der Waals surface area contributed by atoms with Gasteiger partial charge in [-0.15, -0.1) is 10.2 Å². The number of aromatic nitrogens is 2. The summed E-state index contributed by atoms with van der Waals surface area (Å²) in [5.74, 6) is 0.724. The van der Waals surface area contributed by atoms with Crippen molar-refractivity contribution in [1.82, 2.24) is 20.0 Å². The molecule has 6 nitrogen and oxygen atoms in total. The second-order valence-corrected chi connectivity index (χ2v) is 7.29. The molecule has 0 saturated carbocycles. The number of carbonyl (C=O) groups excluding carboxylic acids is 1. The zero-order valence-electron chi connectivity index (χ0n) is 16.6. The summed E-state index contributed by atoms with van der Waals surface area (Å²) < 4.78 is 30.8. The molecule has 156 valence electrons. The van der Waals surface area contributed by atoms with Crippen molar-refractivity contribution < 1.29 is 18.0 Å². The first-order valence-electron chi connectivity index (χ1n) is 9.81. The molecular weight excluding hydrogens is 390 g/mol. The molecule has 1 amide bonds. The maximum Gasteiger partial charge on any atom is 0.253 e. The molecule has 1 aliphatic heterocycles. The molecule has 0 bridgehead atoms. The van der Waals surface area contributed by atoms with Crippen molar-refractivity contribution in [3.8, 4) is 22.9 Å². The van der Waals surface area contributed by atoms with Crippen molar-refractivity contribution in [2.75, 3.05) is 32.7 Å². The topological polar surface area (TPSA) is 62.5 Å². The van der Waals surface area contributed by atoms with Gasteiger partial charge in [0.1, 0.15) is 0 Å². The highest BCUT2D eigenvalue weighted by molar-refractivity contribution is 5.94. The van der Waals surface area contributed by atoms with Gasteiger partial charge in [0.15, 0.2) is 0 Å². The number of piperazine rings is 1. The summed E-state index contributed by atoms with van der Waals surface area (Å²) in [7, 11) is 0. The number of carbonyl (C=O) groups is 1. The normalized spacial score (nSPS) is 15.0. The molecular formula is C22H22F2N4O2. The van der Waals surface area contributed by atoms with E-state index in [-0.39, 0.29) is 12.5 Å². The van der Waals surface area contributed by atoms with E-state index in [1.54, 1.807) is 34.1 Å². The summed E-state index contributed by atoms with van der Waals surface area (Å²) in [5.41, 5.74) is 3.19. The van der Waals surface area contributed by atoms with Gasteiger partial charge in [-0.05, 0) is 42.8 Å².